The molecule has 0 nitrogen and oxygen atoms in total. The summed E-state index contributed by atoms with van der Waals surface area (Å²) in [5.74, 6) is 0.712. The van der Waals surface area contributed by atoms with Crippen molar-refractivity contribution in [1.29, 1.82) is 0 Å². The molecule has 0 saturated carbocycles. The third kappa shape index (κ3) is 3.70. The van der Waals surface area contributed by atoms with Gasteiger partial charge in [-0.25, -0.2) is 0 Å². The Hall–Kier alpha value is -1.08. The van der Waals surface area contributed by atoms with Crippen LogP contribution in [0.25, 0.3) is 0 Å². The Labute approximate surface area is 120 Å². The van der Waals surface area contributed by atoms with Crippen molar-refractivity contribution in [3.8, 4) is 0 Å². The van der Waals surface area contributed by atoms with E-state index in [1.807, 2.05) is 0 Å². The summed E-state index contributed by atoms with van der Waals surface area (Å²) in [4.78, 5) is 0. The van der Waals surface area contributed by atoms with Crippen LogP contribution in [0.5, 0.6) is 0 Å². The summed E-state index contributed by atoms with van der Waals surface area (Å²) >= 11 is 0. The standard InChI is InChI=1S/C18H26Si/c1-4-5-7-12-17-14(2)13-18(15(17)3)19-16-10-8-6-9-11-16/h6,8-11,13,15H,4-5,7,12,19H2,1-3H3. The Balaban J connectivity index is 1.98. The molecule has 2 rings (SSSR count). The maximum Gasteiger partial charge on any atom is 0.0832 e. The second-order valence-corrected chi connectivity index (χ2v) is 7.76. The topological polar surface area (TPSA) is 0 Å². The molecular weight excluding hydrogens is 244 g/mol. The first-order valence-corrected chi connectivity index (χ1v) is 9.07. The third-order valence-electron chi connectivity index (χ3n) is 4.29. The van der Waals surface area contributed by atoms with Crippen LogP contribution < -0.4 is 5.19 Å². The van der Waals surface area contributed by atoms with Crippen LogP contribution in [-0.2, 0) is 0 Å². The first-order chi connectivity index (χ1) is 9.22. The van der Waals surface area contributed by atoms with Crippen LogP contribution in [-0.4, -0.2) is 9.52 Å². The Bertz CT molecular complexity index is 468. The fourth-order valence-electron chi connectivity index (χ4n) is 3.08. The smallest absolute Gasteiger partial charge is 0.0756 e. The molecule has 0 heterocycles. The van der Waals surface area contributed by atoms with Gasteiger partial charge in [-0.1, -0.05) is 84.6 Å². The number of hydrogen-bond donors (Lipinski definition) is 0. The Morgan fingerprint density at radius 3 is 2.53 bits per heavy atom. The quantitative estimate of drug-likeness (QED) is 0.543. The second kappa shape index (κ2) is 6.90. The Morgan fingerprint density at radius 2 is 1.84 bits per heavy atom. The lowest BCUT2D eigenvalue weighted by atomic mass is 9.96. The molecular formula is C18H26Si. The van der Waals surface area contributed by atoms with Crippen LogP contribution in [0.15, 0.2) is 52.8 Å². The van der Waals surface area contributed by atoms with Crippen molar-refractivity contribution in [2.75, 3.05) is 0 Å². The summed E-state index contributed by atoms with van der Waals surface area (Å²) < 4.78 is 0. The second-order valence-electron chi connectivity index (χ2n) is 5.77. The molecule has 0 radical (unpaired) electrons. The van der Waals surface area contributed by atoms with E-state index in [1.54, 1.807) is 21.5 Å². The molecule has 0 spiro atoms. The number of allylic oxidation sites excluding steroid dienone is 4. The minimum Gasteiger partial charge on any atom is -0.0756 e. The number of hydrogen-bond acceptors (Lipinski definition) is 0. The molecule has 102 valence electrons. The van der Waals surface area contributed by atoms with E-state index in [0.717, 1.165) is 0 Å². The van der Waals surface area contributed by atoms with Crippen LogP contribution in [0, 0.1) is 5.92 Å². The van der Waals surface area contributed by atoms with Gasteiger partial charge in [0.1, 0.15) is 0 Å². The molecule has 19 heavy (non-hydrogen) atoms. The minimum absolute atomic E-state index is 0.255. The van der Waals surface area contributed by atoms with Gasteiger partial charge in [0.05, 0.1) is 9.52 Å². The molecule has 0 amide bonds. The van der Waals surface area contributed by atoms with Crippen LogP contribution in [0.2, 0.25) is 0 Å². The molecule has 1 aliphatic rings. The Morgan fingerprint density at radius 1 is 1.11 bits per heavy atom. The lowest BCUT2D eigenvalue weighted by Gasteiger charge is -2.15. The average Bonchev–Trinajstić information content (AvgIpc) is 2.68. The predicted molar refractivity (Wildman–Crippen MR) is 88.7 cm³/mol. The van der Waals surface area contributed by atoms with E-state index in [4.69, 9.17) is 0 Å². The van der Waals surface area contributed by atoms with Gasteiger partial charge in [0.25, 0.3) is 0 Å². The normalized spacial score (nSPS) is 19.5. The van der Waals surface area contributed by atoms with E-state index in [-0.39, 0.29) is 9.52 Å². The summed E-state index contributed by atoms with van der Waals surface area (Å²) in [6, 6.07) is 11.0. The first-order valence-electron chi connectivity index (χ1n) is 7.66. The fraction of sp³-hybridized carbons (Fsp3) is 0.444. The zero-order valence-electron chi connectivity index (χ0n) is 12.6. The third-order valence-corrected chi connectivity index (χ3v) is 6.39. The molecule has 0 fully saturated rings. The van der Waals surface area contributed by atoms with E-state index >= 15 is 0 Å². The Kier molecular flexibility index (Phi) is 5.21. The molecule has 1 aromatic carbocycles. The average molecular weight is 270 g/mol. The lowest BCUT2D eigenvalue weighted by molar-refractivity contribution is 0.672. The van der Waals surface area contributed by atoms with E-state index in [0.29, 0.717) is 5.92 Å². The van der Waals surface area contributed by atoms with E-state index in [2.05, 4.69) is 57.2 Å². The molecule has 1 aromatic rings. The van der Waals surface area contributed by atoms with Gasteiger partial charge in [0, 0.05) is 0 Å². The van der Waals surface area contributed by atoms with E-state index in [1.165, 1.54) is 25.7 Å². The molecule has 1 heteroatoms. The fourth-order valence-corrected chi connectivity index (χ4v) is 5.02. The van der Waals surface area contributed by atoms with Gasteiger partial charge in [-0.15, -0.1) is 0 Å². The molecule has 0 N–H and O–H groups in total. The molecule has 0 aromatic heterocycles. The van der Waals surface area contributed by atoms with Gasteiger partial charge < -0.3 is 0 Å². The van der Waals surface area contributed by atoms with Gasteiger partial charge in [-0.2, -0.15) is 0 Å². The number of benzene rings is 1. The van der Waals surface area contributed by atoms with Crippen molar-refractivity contribution in [1.82, 2.24) is 0 Å². The number of unbranched alkanes of at least 4 members (excludes halogenated alkanes) is 2. The zero-order chi connectivity index (χ0) is 13.7. The maximum absolute atomic E-state index is 2.49. The van der Waals surface area contributed by atoms with Gasteiger partial charge in [0.2, 0.25) is 0 Å². The van der Waals surface area contributed by atoms with Crippen molar-refractivity contribution in [3.05, 3.63) is 52.8 Å². The van der Waals surface area contributed by atoms with Gasteiger partial charge in [-0.3, -0.25) is 0 Å². The van der Waals surface area contributed by atoms with Gasteiger partial charge >= 0.3 is 0 Å². The molecule has 0 bridgehead atoms. The molecule has 1 aliphatic carbocycles. The highest BCUT2D eigenvalue weighted by Gasteiger charge is 2.21. The molecule has 1 atom stereocenters. The van der Waals surface area contributed by atoms with Crippen molar-refractivity contribution >= 4 is 14.7 Å². The maximum atomic E-state index is 2.49. The van der Waals surface area contributed by atoms with E-state index in [9.17, 15) is 0 Å². The van der Waals surface area contributed by atoms with Crippen molar-refractivity contribution in [2.45, 2.75) is 46.5 Å². The monoisotopic (exact) mass is 270 g/mol. The van der Waals surface area contributed by atoms with Gasteiger partial charge in [-0.05, 0) is 25.7 Å². The van der Waals surface area contributed by atoms with Crippen molar-refractivity contribution in [3.63, 3.8) is 0 Å². The van der Waals surface area contributed by atoms with Gasteiger partial charge in [0.15, 0.2) is 0 Å². The summed E-state index contributed by atoms with van der Waals surface area (Å²) in [7, 11) is -0.255. The van der Waals surface area contributed by atoms with E-state index < -0.39 is 0 Å². The summed E-state index contributed by atoms with van der Waals surface area (Å²) in [6.07, 6.45) is 7.85. The van der Waals surface area contributed by atoms with Crippen LogP contribution in [0.4, 0.5) is 0 Å². The highest BCUT2D eigenvalue weighted by atomic mass is 28.2. The SMILES string of the molecule is CCCCCC1=C(C)C=C([SiH2]c2ccccc2)C1C. The molecule has 1 unspecified atom stereocenters. The summed E-state index contributed by atoms with van der Waals surface area (Å²) in [5, 5.41) is 3.30. The number of rotatable bonds is 6. The summed E-state index contributed by atoms with van der Waals surface area (Å²) in [6.45, 7) is 7.01. The first kappa shape index (κ1) is 14.3. The molecule has 0 saturated heterocycles. The highest BCUT2D eigenvalue weighted by Crippen LogP contribution is 2.34. The van der Waals surface area contributed by atoms with Crippen LogP contribution >= 0.6 is 0 Å². The largest absolute Gasteiger partial charge is 0.0832 e. The van der Waals surface area contributed by atoms with Crippen molar-refractivity contribution in [2.24, 2.45) is 5.92 Å². The molecule has 0 aliphatic heterocycles. The van der Waals surface area contributed by atoms with Crippen LogP contribution in [0.3, 0.4) is 0 Å². The minimum atomic E-state index is -0.255. The summed E-state index contributed by atoms with van der Waals surface area (Å²) in [5.41, 5.74) is 3.27. The predicted octanol–water partition coefficient (Wildman–Crippen LogP) is 3.91. The lowest BCUT2D eigenvalue weighted by Crippen LogP contribution is -2.19. The van der Waals surface area contributed by atoms with Crippen LogP contribution in [0.1, 0.15) is 46.5 Å². The van der Waals surface area contributed by atoms with Crippen molar-refractivity contribution < 1.29 is 0 Å². The highest BCUT2D eigenvalue weighted by molar-refractivity contribution is 6.61. The zero-order valence-corrected chi connectivity index (χ0v) is 14.0.